The van der Waals surface area contributed by atoms with Crippen molar-refractivity contribution in [3.8, 4) is 11.3 Å². The van der Waals surface area contributed by atoms with E-state index in [9.17, 15) is 14.7 Å². The van der Waals surface area contributed by atoms with Crippen LogP contribution in [0.3, 0.4) is 0 Å². The van der Waals surface area contributed by atoms with Crippen LogP contribution in [0.15, 0.2) is 18.2 Å². The standard InChI is InChI=1S/C27H35Cl2N5O4/c1-4-19-24(17-10-9-16(28)14-18(17)29)30-20(5-2)26(31-19)32-25-21(11-13-33-12-7-8-23(33)35)34(27(36)37)15-22(25)38-6-3/h9-10,14,21-22,25H,4-8,11-13,15H2,1-3H3,(H,31,32)(H,36,37)/t21?,22-,25+/m0/s1. The quantitative estimate of drug-likeness (QED) is 0.412. The van der Waals surface area contributed by atoms with Gasteiger partial charge < -0.3 is 25.0 Å². The zero-order chi connectivity index (χ0) is 27.4. The molecular weight excluding hydrogens is 529 g/mol. The van der Waals surface area contributed by atoms with E-state index in [0.717, 1.165) is 23.4 Å². The summed E-state index contributed by atoms with van der Waals surface area (Å²) >= 11 is 12.6. The van der Waals surface area contributed by atoms with Gasteiger partial charge in [0.25, 0.3) is 0 Å². The highest BCUT2D eigenvalue weighted by Crippen LogP contribution is 2.34. The summed E-state index contributed by atoms with van der Waals surface area (Å²) in [5, 5.41) is 14.6. The molecule has 2 amide bonds. The normalized spacial score (nSPS) is 21.4. The van der Waals surface area contributed by atoms with Crippen LogP contribution >= 0.6 is 23.2 Å². The number of nitrogens with zero attached hydrogens (tertiary/aromatic N) is 4. The molecule has 0 bridgehead atoms. The largest absolute Gasteiger partial charge is 0.465 e. The number of amides is 2. The summed E-state index contributed by atoms with van der Waals surface area (Å²) in [6.07, 6.45) is 1.77. The van der Waals surface area contributed by atoms with Gasteiger partial charge in [-0.3, -0.25) is 4.79 Å². The molecule has 9 nitrogen and oxygen atoms in total. The number of aryl methyl sites for hydroxylation is 2. The smallest absolute Gasteiger partial charge is 0.407 e. The number of anilines is 1. The summed E-state index contributed by atoms with van der Waals surface area (Å²) < 4.78 is 6.02. The molecule has 2 saturated heterocycles. The molecule has 1 aromatic carbocycles. The fraction of sp³-hybridized carbons (Fsp3) is 0.556. The average molecular weight is 565 g/mol. The Morgan fingerprint density at radius 3 is 2.55 bits per heavy atom. The number of rotatable bonds is 10. The van der Waals surface area contributed by atoms with Crippen LogP contribution in [0.25, 0.3) is 11.3 Å². The van der Waals surface area contributed by atoms with E-state index in [4.69, 9.17) is 37.9 Å². The van der Waals surface area contributed by atoms with E-state index in [0.29, 0.717) is 66.9 Å². The van der Waals surface area contributed by atoms with Crippen molar-refractivity contribution in [3.63, 3.8) is 0 Å². The molecule has 1 unspecified atom stereocenters. The van der Waals surface area contributed by atoms with Gasteiger partial charge in [-0.05, 0) is 50.8 Å². The van der Waals surface area contributed by atoms with E-state index in [2.05, 4.69) is 5.32 Å². The van der Waals surface area contributed by atoms with Crippen molar-refractivity contribution in [2.24, 2.45) is 0 Å². The van der Waals surface area contributed by atoms with Crippen LogP contribution in [-0.4, -0.2) is 81.3 Å². The van der Waals surface area contributed by atoms with Gasteiger partial charge in [-0.25, -0.2) is 14.8 Å². The van der Waals surface area contributed by atoms with E-state index in [1.165, 1.54) is 4.90 Å². The maximum Gasteiger partial charge on any atom is 0.407 e. The van der Waals surface area contributed by atoms with Crippen LogP contribution < -0.4 is 5.32 Å². The lowest BCUT2D eigenvalue weighted by Crippen LogP contribution is -2.45. The first-order valence-corrected chi connectivity index (χ1v) is 14.0. The number of carbonyl (C=O) groups is 2. The second kappa shape index (κ2) is 12.5. The summed E-state index contributed by atoms with van der Waals surface area (Å²) in [5.41, 5.74) is 3.00. The van der Waals surface area contributed by atoms with Gasteiger partial charge in [0.1, 0.15) is 5.82 Å². The number of aromatic nitrogens is 2. The summed E-state index contributed by atoms with van der Waals surface area (Å²) in [5.74, 6) is 0.737. The fourth-order valence-electron chi connectivity index (χ4n) is 5.40. The van der Waals surface area contributed by atoms with Crippen molar-refractivity contribution in [3.05, 3.63) is 39.6 Å². The van der Waals surface area contributed by atoms with Crippen molar-refractivity contribution in [2.75, 3.05) is 31.6 Å². The molecular formula is C27H35Cl2N5O4. The molecule has 1 aromatic heterocycles. The molecule has 4 rings (SSSR count). The van der Waals surface area contributed by atoms with E-state index in [1.807, 2.05) is 31.7 Å². The second-order valence-electron chi connectivity index (χ2n) is 9.58. The summed E-state index contributed by atoms with van der Waals surface area (Å²) in [6, 6.07) is 4.59. The first kappa shape index (κ1) is 28.4. The number of carboxylic acid groups (broad SMARTS) is 1. The Morgan fingerprint density at radius 2 is 1.95 bits per heavy atom. The maximum atomic E-state index is 12.2. The van der Waals surface area contributed by atoms with Gasteiger partial charge in [0.2, 0.25) is 5.91 Å². The van der Waals surface area contributed by atoms with Crippen LogP contribution in [0.1, 0.15) is 51.4 Å². The molecule has 0 saturated carbocycles. The van der Waals surface area contributed by atoms with E-state index in [-0.39, 0.29) is 30.6 Å². The Morgan fingerprint density at radius 1 is 1.18 bits per heavy atom. The van der Waals surface area contributed by atoms with E-state index < -0.39 is 6.09 Å². The predicted octanol–water partition coefficient (Wildman–Crippen LogP) is 5.14. The number of nitrogens with one attached hydrogen (secondary N) is 1. The molecule has 2 aliphatic heterocycles. The SMILES string of the molecule is CCO[C@H]1CN(C(=O)O)C(CCN2CCCC2=O)[C@H]1Nc1nc(CC)c(-c2ccc(Cl)cc2Cl)nc1CC. The van der Waals surface area contributed by atoms with Crippen LogP contribution in [0.5, 0.6) is 0 Å². The molecule has 2 aromatic rings. The molecule has 3 heterocycles. The molecule has 2 N–H and O–H groups in total. The Balaban J connectivity index is 1.68. The van der Waals surface area contributed by atoms with Gasteiger partial charge in [-0.1, -0.05) is 37.0 Å². The van der Waals surface area contributed by atoms with Crippen LogP contribution in [0.2, 0.25) is 10.0 Å². The third-order valence-corrected chi connectivity index (χ3v) is 7.83. The molecule has 0 radical (unpaired) electrons. The minimum Gasteiger partial charge on any atom is -0.465 e. The number of likely N-dealkylation sites (tertiary alicyclic amines) is 2. The van der Waals surface area contributed by atoms with Crippen molar-refractivity contribution in [1.29, 1.82) is 0 Å². The molecule has 206 valence electrons. The topological polar surface area (TPSA) is 108 Å². The first-order valence-electron chi connectivity index (χ1n) is 13.3. The highest BCUT2D eigenvalue weighted by Gasteiger charge is 2.45. The molecule has 3 atom stereocenters. The van der Waals surface area contributed by atoms with Crippen molar-refractivity contribution in [1.82, 2.24) is 19.8 Å². The predicted molar refractivity (Wildman–Crippen MR) is 148 cm³/mol. The number of ether oxygens (including phenoxy) is 1. The first-order chi connectivity index (χ1) is 18.3. The minimum absolute atomic E-state index is 0.124. The monoisotopic (exact) mass is 563 g/mol. The molecule has 2 fully saturated rings. The molecule has 2 aliphatic rings. The zero-order valence-corrected chi connectivity index (χ0v) is 23.6. The molecule has 11 heteroatoms. The Labute approximate surface area is 233 Å². The lowest BCUT2D eigenvalue weighted by atomic mass is 10.0. The minimum atomic E-state index is -1.000. The Hall–Kier alpha value is -2.62. The van der Waals surface area contributed by atoms with Crippen LogP contribution in [-0.2, 0) is 22.4 Å². The number of benzene rings is 1. The number of hydrogen-bond donors (Lipinski definition) is 2. The molecule has 38 heavy (non-hydrogen) atoms. The Kier molecular flexibility index (Phi) is 9.33. The van der Waals surface area contributed by atoms with Crippen molar-refractivity contribution in [2.45, 2.75) is 71.1 Å². The van der Waals surface area contributed by atoms with E-state index >= 15 is 0 Å². The Bertz CT molecular complexity index is 1180. The van der Waals surface area contributed by atoms with Gasteiger partial charge in [-0.15, -0.1) is 0 Å². The van der Waals surface area contributed by atoms with Crippen LogP contribution in [0, 0.1) is 0 Å². The highest BCUT2D eigenvalue weighted by molar-refractivity contribution is 6.36. The lowest BCUT2D eigenvalue weighted by molar-refractivity contribution is -0.127. The van der Waals surface area contributed by atoms with Crippen LogP contribution in [0.4, 0.5) is 10.6 Å². The fourth-order valence-corrected chi connectivity index (χ4v) is 5.89. The van der Waals surface area contributed by atoms with Gasteiger partial charge in [0.15, 0.2) is 0 Å². The highest BCUT2D eigenvalue weighted by atomic mass is 35.5. The average Bonchev–Trinajstić information content (AvgIpc) is 3.45. The van der Waals surface area contributed by atoms with Gasteiger partial charge in [0.05, 0.1) is 46.8 Å². The zero-order valence-electron chi connectivity index (χ0n) is 22.0. The van der Waals surface area contributed by atoms with Gasteiger partial charge in [-0.2, -0.15) is 0 Å². The summed E-state index contributed by atoms with van der Waals surface area (Å²) in [7, 11) is 0. The third kappa shape index (κ3) is 6.00. The van der Waals surface area contributed by atoms with Gasteiger partial charge >= 0.3 is 6.09 Å². The summed E-state index contributed by atoms with van der Waals surface area (Å²) in [4.78, 5) is 37.6. The second-order valence-corrected chi connectivity index (χ2v) is 10.4. The molecule has 0 spiro atoms. The summed E-state index contributed by atoms with van der Waals surface area (Å²) in [6.45, 7) is 7.82. The van der Waals surface area contributed by atoms with Crippen molar-refractivity contribution < 1.29 is 19.4 Å². The van der Waals surface area contributed by atoms with E-state index in [1.54, 1.807) is 12.1 Å². The number of halogens is 2. The maximum absolute atomic E-state index is 12.2. The van der Waals surface area contributed by atoms with Gasteiger partial charge in [0, 0.05) is 36.7 Å². The lowest BCUT2D eigenvalue weighted by Gasteiger charge is -2.30. The number of hydrogen-bond acceptors (Lipinski definition) is 6. The van der Waals surface area contributed by atoms with Crippen molar-refractivity contribution >= 4 is 41.0 Å². The molecule has 0 aliphatic carbocycles. The third-order valence-electron chi connectivity index (χ3n) is 7.28. The number of carbonyl (C=O) groups excluding carboxylic acids is 1.